The summed E-state index contributed by atoms with van der Waals surface area (Å²) in [5.74, 6) is -0.271. The van der Waals surface area contributed by atoms with Crippen LogP contribution in [0, 0.1) is 9.39 Å². The summed E-state index contributed by atoms with van der Waals surface area (Å²) in [6, 6.07) is 6.17. The lowest BCUT2D eigenvalue weighted by Crippen LogP contribution is -2.44. The molecule has 2 heterocycles. The predicted molar refractivity (Wildman–Crippen MR) is 102 cm³/mol. The third kappa shape index (κ3) is 3.65. The first-order valence-electron chi connectivity index (χ1n) is 8.19. The molecule has 0 radical (unpaired) electrons. The Balaban J connectivity index is 1.92. The quantitative estimate of drug-likeness (QED) is 0.588. The molecule has 7 heteroatoms. The van der Waals surface area contributed by atoms with E-state index in [1.807, 2.05) is 32.4 Å². The molecule has 0 N–H and O–H groups in total. The number of fused-ring (bicyclic) bond motifs is 1. The summed E-state index contributed by atoms with van der Waals surface area (Å²) in [4.78, 5) is 14.2. The third-order valence-electron chi connectivity index (χ3n) is 4.09. The summed E-state index contributed by atoms with van der Waals surface area (Å²) < 4.78 is 21.6. The molecular formula is C18H21FIN3O2. The van der Waals surface area contributed by atoms with Crippen molar-refractivity contribution in [2.24, 2.45) is 0 Å². The van der Waals surface area contributed by atoms with Crippen LogP contribution in [-0.2, 0) is 11.3 Å². The Hall–Kier alpha value is -1.64. The minimum absolute atomic E-state index is 0.141. The largest absolute Gasteiger partial charge is 0.444 e. The molecule has 134 valence electrons. The molecule has 1 aliphatic heterocycles. The van der Waals surface area contributed by atoms with Gasteiger partial charge in [0.15, 0.2) is 0 Å². The third-order valence-corrected chi connectivity index (χ3v) is 5.16. The summed E-state index contributed by atoms with van der Waals surface area (Å²) in [5, 5.41) is 4.68. The number of rotatable bonds is 1. The van der Waals surface area contributed by atoms with Crippen LogP contribution in [0.2, 0.25) is 0 Å². The highest BCUT2D eigenvalue weighted by atomic mass is 127. The van der Waals surface area contributed by atoms with Gasteiger partial charge in [-0.05, 0) is 74.6 Å². The van der Waals surface area contributed by atoms with Crippen molar-refractivity contribution in [2.45, 2.75) is 45.9 Å². The maximum atomic E-state index is 13.2. The van der Waals surface area contributed by atoms with Gasteiger partial charge in [0.2, 0.25) is 0 Å². The average molecular weight is 457 g/mol. The van der Waals surface area contributed by atoms with Crippen molar-refractivity contribution in [2.75, 3.05) is 6.54 Å². The maximum absolute atomic E-state index is 13.2. The smallest absolute Gasteiger partial charge is 0.410 e. The van der Waals surface area contributed by atoms with Gasteiger partial charge in [0.1, 0.15) is 17.1 Å². The Morgan fingerprint density at radius 3 is 2.52 bits per heavy atom. The van der Waals surface area contributed by atoms with Gasteiger partial charge in [0.05, 0.1) is 21.9 Å². The standard InChI is InChI=1S/C18H21FIN3O2/c1-11-16-14(20)15(12-5-7-13(19)8-6-12)21-23(16)10-9-22(11)17(24)25-18(2,3)4/h5-8,11H,9-10H2,1-4H3/t11-/m1/s1. The number of ether oxygens (including phenoxy) is 1. The molecule has 0 bridgehead atoms. The second kappa shape index (κ2) is 6.59. The van der Waals surface area contributed by atoms with E-state index in [2.05, 4.69) is 27.7 Å². The molecule has 5 nitrogen and oxygen atoms in total. The van der Waals surface area contributed by atoms with Gasteiger partial charge in [-0.3, -0.25) is 9.58 Å². The van der Waals surface area contributed by atoms with Gasteiger partial charge in [0, 0.05) is 12.1 Å². The molecule has 2 aromatic rings. The molecule has 1 aromatic carbocycles. The van der Waals surface area contributed by atoms with Crippen molar-refractivity contribution >= 4 is 28.7 Å². The Morgan fingerprint density at radius 2 is 1.92 bits per heavy atom. The summed E-state index contributed by atoms with van der Waals surface area (Å²) in [6.07, 6.45) is -0.313. The van der Waals surface area contributed by atoms with Crippen LogP contribution in [0.4, 0.5) is 9.18 Å². The van der Waals surface area contributed by atoms with E-state index >= 15 is 0 Å². The Bertz CT molecular complexity index is 796. The molecule has 0 saturated heterocycles. The van der Waals surface area contributed by atoms with E-state index in [0.29, 0.717) is 13.1 Å². The Labute approximate surface area is 160 Å². The highest BCUT2D eigenvalue weighted by Gasteiger charge is 2.34. The number of hydrogen-bond acceptors (Lipinski definition) is 3. The highest BCUT2D eigenvalue weighted by molar-refractivity contribution is 14.1. The fourth-order valence-electron chi connectivity index (χ4n) is 2.93. The number of aromatic nitrogens is 2. The molecular weight excluding hydrogens is 436 g/mol. The molecule has 1 aromatic heterocycles. The maximum Gasteiger partial charge on any atom is 0.410 e. The fraction of sp³-hybridized carbons (Fsp3) is 0.444. The van der Waals surface area contributed by atoms with Crippen LogP contribution in [0.5, 0.6) is 0 Å². The SMILES string of the molecule is C[C@@H]1c2c(I)c(-c3ccc(F)cc3)nn2CCN1C(=O)OC(C)(C)C. The van der Waals surface area contributed by atoms with E-state index in [9.17, 15) is 9.18 Å². The average Bonchev–Trinajstić information content (AvgIpc) is 2.84. The van der Waals surface area contributed by atoms with E-state index < -0.39 is 5.60 Å². The van der Waals surface area contributed by atoms with Crippen LogP contribution in [0.15, 0.2) is 24.3 Å². The molecule has 3 rings (SSSR count). The van der Waals surface area contributed by atoms with E-state index in [-0.39, 0.29) is 18.0 Å². The first-order chi connectivity index (χ1) is 11.7. The molecule has 0 unspecified atom stereocenters. The topological polar surface area (TPSA) is 47.4 Å². The Morgan fingerprint density at radius 1 is 1.28 bits per heavy atom. The molecule has 0 saturated carbocycles. The summed E-state index contributed by atoms with van der Waals surface area (Å²) in [5.41, 5.74) is 2.13. The van der Waals surface area contributed by atoms with Gasteiger partial charge in [-0.15, -0.1) is 0 Å². The van der Waals surface area contributed by atoms with Crippen molar-refractivity contribution < 1.29 is 13.9 Å². The van der Waals surface area contributed by atoms with Crippen LogP contribution >= 0.6 is 22.6 Å². The number of hydrogen-bond donors (Lipinski definition) is 0. The van der Waals surface area contributed by atoms with Crippen molar-refractivity contribution in [1.82, 2.24) is 14.7 Å². The number of benzene rings is 1. The van der Waals surface area contributed by atoms with Crippen LogP contribution in [0.1, 0.15) is 39.4 Å². The van der Waals surface area contributed by atoms with Crippen molar-refractivity contribution in [3.05, 3.63) is 39.3 Å². The second-order valence-electron chi connectivity index (χ2n) is 7.13. The highest BCUT2D eigenvalue weighted by Crippen LogP contribution is 2.35. The lowest BCUT2D eigenvalue weighted by Gasteiger charge is -2.35. The van der Waals surface area contributed by atoms with Gasteiger partial charge in [-0.2, -0.15) is 5.10 Å². The van der Waals surface area contributed by atoms with E-state index in [0.717, 1.165) is 20.5 Å². The monoisotopic (exact) mass is 457 g/mol. The molecule has 0 fully saturated rings. The normalized spacial score (nSPS) is 17.4. The lowest BCUT2D eigenvalue weighted by atomic mass is 10.1. The van der Waals surface area contributed by atoms with Crippen LogP contribution in [-0.4, -0.2) is 32.9 Å². The number of amides is 1. The minimum Gasteiger partial charge on any atom is -0.444 e. The van der Waals surface area contributed by atoms with Crippen LogP contribution < -0.4 is 0 Å². The zero-order valence-electron chi connectivity index (χ0n) is 14.7. The molecule has 1 atom stereocenters. The lowest BCUT2D eigenvalue weighted by molar-refractivity contribution is 0.0119. The van der Waals surface area contributed by atoms with Gasteiger partial charge in [-0.1, -0.05) is 0 Å². The molecule has 0 aliphatic carbocycles. The van der Waals surface area contributed by atoms with Gasteiger partial charge >= 0.3 is 6.09 Å². The Kier molecular flexibility index (Phi) is 4.78. The van der Waals surface area contributed by atoms with Crippen molar-refractivity contribution in [1.29, 1.82) is 0 Å². The van der Waals surface area contributed by atoms with Gasteiger partial charge in [-0.25, -0.2) is 9.18 Å². The number of halogens is 2. The molecule has 0 spiro atoms. The van der Waals surface area contributed by atoms with E-state index in [1.54, 1.807) is 17.0 Å². The zero-order chi connectivity index (χ0) is 18.4. The van der Waals surface area contributed by atoms with Crippen molar-refractivity contribution in [3.63, 3.8) is 0 Å². The zero-order valence-corrected chi connectivity index (χ0v) is 16.9. The fourth-order valence-corrected chi connectivity index (χ4v) is 4.08. The summed E-state index contributed by atoms with van der Waals surface area (Å²) >= 11 is 2.25. The second-order valence-corrected chi connectivity index (χ2v) is 8.21. The number of nitrogens with zero attached hydrogens (tertiary/aromatic N) is 3. The summed E-state index contributed by atoms with van der Waals surface area (Å²) in [7, 11) is 0. The summed E-state index contributed by atoms with van der Waals surface area (Å²) in [6.45, 7) is 8.72. The number of carbonyl (C=O) groups excluding carboxylic acids is 1. The first-order valence-corrected chi connectivity index (χ1v) is 9.27. The van der Waals surface area contributed by atoms with Crippen LogP contribution in [0.25, 0.3) is 11.3 Å². The molecule has 25 heavy (non-hydrogen) atoms. The van der Waals surface area contributed by atoms with Crippen LogP contribution in [0.3, 0.4) is 0 Å². The molecule has 1 amide bonds. The molecule has 1 aliphatic rings. The number of carbonyl (C=O) groups is 1. The van der Waals surface area contributed by atoms with E-state index in [4.69, 9.17) is 4.74 Å². The predicted octanol–water partition coefficient (Wildman–Crippen LogP) is 4.61. The van der Waals surface area contributed by atoms with E-state index in [1.165, 1.54) is 12.1 Å². The van der Waals surface area contributed by atoms with Gasteiger partial charge < -0.3 is 4.74 Å². The van der Waals surface area contributed by atoms with Gasteiger partial charge in [0.25, 0.3) is 0 Å². The first kappa shape index (κ1) is 18.2. The minimum atomic E-state index is -0.527. The van der Waals surface area contributed by atoms with Crippen molar-refractivity contribution in [3.8, 4) is 11.3 Å².